The maximum Gasteiger partial charge on any atom is 0.227 e. The lowest BCUT2D eigenvalue weighted by molar-refractivity contribution is -0.127. The number of hydrogen-bond donors (Lipinski definition) is 1. The van der Waals surface area contributed by atoms with Gasteiger partial charge in [-0.2, -0.15) is 0 Å². The Kier molecular flexibility index (Phi) is 6.64. The van der Waals surface area contributed by atoms with E-state index in [-0.39, 0.29) is 18.9 Å². The average molecular weight is 319 g/mol. The van der Waals surface area contributed by atoms with Crippen LogP contribution in [0.15, 0.2) is 30.3 Å². The molecule has 0 bridgehead atoms. The predicted octanol–water partition coefficient (Wildman–Crippen LogP) is 0.193. The van der Waals surface area contributed by atoms with Crippen LogP contribution in [0.1, 0.15) is 11.4 Å². The zero-order chi connectivity index (χ0) is 16.5. The van der Waals surface area contributed by atoms with Gasteiger partial charge in [-0.3, -0.25) is 4.79 Å². The molecule has 0 aliphatic heterocycles. The second-order valence-corrected chi connectivity index (χ2v) is 4.94. The van der Waals surface area contributed by atoms with Crippen LogP contribution in [0.4, 0.5) is 0 Å². The van der Waals surface area contributed by atoms with E-state index in [1.54, 1.807) is 4.68 Å². The number of amides is 1. The first kappa shape index (κ1) is 17.0. The smallest absolute Gasteiger partial charge is 0.227 e. The van der Waals surface area contributed by atoms with Crippen molar-refractivity contribution in [2.75, 3.05) is 20.8 Å². The number of hydrogen-bond acceptors (Lipinski definition) is 6. The summed E-state index contributed by atoms with van der Waals surface area (Å²) in [5, 5.41) is 14.2. The van der Waals surface area contributed by atoms with Gasteiger partial charge in [0, 0.05) is 20.8 Å². The molecule has 0 atom stereocenters. The van der Waals surface area contributed by atoms with E-state index >= 15 is 0 Å². The maximum atomic E-state index is 11.9. The molecule has 1 aromatic carbocycles. The molecule has 0 spiro atoms. The summed E-state index contributed by atoms with van der Waals surface area (Å²) in [6.45, 7) is 0.899. The van der Waals surface area contributed by atoms with E-state index in [4.69, 9.17) is 9.47 Å². The van der Waals surface area contributed by atoms with Crippen molar-refractivity contribution < 1.29 is 14.3 Å². The Hall–Kier alpha value is -2.32. The Morgan fingerprint density at radius 3 is 2.70 bits per heavy atom. The average Bonchev–Trinajstić information content (AvgIpc) is 3.02. The molecule has 0 radical (unpaired) electrons. The van der Waals surface area contributed by atoms with Gasteiger partial charge in [0.05, 0.1) is 13.0 Å². The van der Waals surface area contributed by atoms with E-state index in [0.29, 0.717) is 12.4 Å². The van der Waals surface area contributed by atoms with Crippen LogP contribution in [0.5, 0.6) is 0 Å². The van der Waals surface area contributed by atoms with Gasteiger partial charge in [-0.1, -0.05) is 30.3 Å². The molecule has 0 saturated heterocycles. The molecule has 8 heteroatoms. The number of carbonyl (C=O) groups excluding carboxylic acids is 1. The fourth-order valence-corrected chi connectivity index (χ4v) is 2.07. The number of rotatable bonds is 9. The van der Waals surface area contributed by atoms with Gasteiger partial charge >= 0.3 is 0 Å². The molecule has 0 aliphatic rings. The molecule has 0 aliphatic carbocycles. The molecule has 2 aromatic rings. The molecule has 1 amide bonds. The number of nitrogens with zero attached hydrogens (tertiary/aromatic N) is 4. The summed E-state index contributed by atoms with van der Waals surface area (Å²) >= 11 is 0. The Bertz CT molecular complexity index is 598. The van der Waals surface area contributed by atoms with E-state index in [9.17, 15) is 4.79 Å². The maximum absolute atomic E-state index is 11.9. The van der Waals surface area contributed by atoms with Crippen LogP contribution in [0.2, 0.25) is 0 Å². The molecule has 0 unspecified atom stereocenters. The molecule has 0 saturated carbocycles. The van der Waals surface area contributed by atoms with E-state index in [2.05, 4.69) is 20.8 Å². The molecule has 1 heterocycles. The van der Waals surface area contributed by atoms with Crippen molar-refractivity contribution in [1.29, 1.82) is 0 Å². The third-order valence-corrected chi connectivity index (χ3v) is 3.37. The first-order chi connectivity index (χ1) is 11.2. The highest BCUT2D eigenvalue weighted by molar-refractivity contribution is 5.77. The summed E-state index contributed by atoms with van der Waals surface area (Å²) < 4.78 is 11.7. The number of benzene rings is 1. The summed E-state index contributed by atoms with van der Waals surface area (Å²) in [7, 11) is 3.04. The van der Waals surface area contributed by atoms with Gasteiger partial charge in [-0.15, -0.1) is 5.10 Å². The summed E-state index contributed by atoms with van der Waals surface area (Å²) in [6.07, 6.45) is 0.450. The predicted molar refractivity (Wildman–Crippen MR) is 82.5 cm³/mol. The second kappa shape index (κ2) is 8.96. The number of carbonyl (C=O) groups is 1. The normalized spacial score (nSPS) is 10.9. The van der Waals surface area contributed by atoms with E-state index in [1.807, 2.05) is 30.3 Å². The van der Waals surface area contributed by atoms with Crippen LogP contribution < -0.4 is 5.32 Å². The van der Waals surface area contributed by atoms with Crippen molar-refractivity contribution in [3.8, 4) is 0 Å². The molecular weight excluding hydrogens is 298 g/mol. The lowest BCUT2D eigenvalue weighted by atomic mass is 10.1. The minimum absolute atomic E-state index is 0.113. The molecule has 23 heavy (non-hydrogen) atoms. The van der Waals surface area contributed by atoms with Crippen LogP contribution in [0, 0.1) is 0 Å². The Morgan fingerprint density at radius 2 is 2.00 bits per heavy atom. The fourth-order valence-electron chi connectivity index (χ4n) is 2.07. The highest BCUT2D eigenvalue weighted by atomic mass is 16.7. The fraction of sp³-hybridized carbons (Fsp3) is 0.467. The van der Waals surface area contributed by atoms with Crippen LogP contribution >= 0.6 is 0 Å². The molecule has 0 fully saturated rings. The summed E-state index contributed by atoms with van der Waals surface area (Å²) in [5.41, 5.74) is 1.20. The van der Waals surface area contributed by atoms with E-state index in [1.165, 1.54) is 19.8 Å². The Balaban J connectivity index is 1.84. The minimum Gasteiger partial charge on any atom is -0.354 e. The standard InChI is InChI=1S/C15H21N5O3/c1-22-15(23-2)11-16-14(21)10-13-17-18-19-20(13)9-8-12-6-4-3-5-7-12/h3-7,15H,8-11H2,1-2H3,(H,16,21). The number of ether oxygens (including phenoxy) is 2. The second-order valence-electron chi connectivity index (χ2n) is 4.94. The SMILES string of the molecule is COC(CNC(=O)Cc1nnnn1CCc1ccccc1)OC. The molecular formula is C15H21N5O3. The van der Waals surface area contributed by atoms with Gasteiger partial charge in [-0.05, 0) is 22.4 Å². The summed E-state index contributed by atoms with van der Waals surface area (Å²) in [5.74, 6) is 0.352. The molecule has 1 N–H and O–H groups in total. The van der Waals surface area contributed by atoms with Crippen LogP contribution in [-0.4, -0.2) is 53.2 Å². The van der Waals surface area contributed by atoms with Crippen molar-refractivity contribution in [2.45, 2.75) is 25.7 Å². The molecule has 124 valence electrons. The topological polar surface area (TPSA) is 91.2 Å². The number of methoxy groups -OCH3 is 2. The van der Waals surface area contributed by atoms with Gasteiger partial charge in [0.15, 0.2) is 12.1 Å². The van der Waals surface area contributed by atoms with Crippen molar-refractivity contribution in [3.63, 3.8) is 0 Å². The summed E-state index contributed by atoms with van der Waals surface area (Å²) in [6, 6.07) is 10.1. The van der Waals surface area contributed by atoms with Crippen molar-refractivity contribution >= 4 is 5.91 Å². The van der Waals surface area contributed by atoms with Crippen molar-refractivity contribution in [2.24, 2.45) is 0 Å². The Morgan fingerprint density at radius 1 is 1.26 bits per heavy atom. The zero-order valence-electron chi connectivity index (χ0n) is 13.3. The first-order valence-electron chi connectivity index (χ1n) is 7.34. The number of nitrogens with one attached hydrogen (secondary N) is 1. The van der Waals surface area contributed by atoms with Crippen molar-refractivity contribution in [3.05, 3.63) is 41.7 Å². The summed E-state index contributed by atoms with van der Waals surface area (Å²) in [4.78, 5) is 11.9. The number of tetrazole rings is 1. The lowest BCUT2D eigenvalue weighted by Crippen LogP contribution is -2.35. The van der Waals surface area contributed by atoms with E-state index in [0.717, 1.165) is 6.42 Å². The van der Waals surface area contributed by atoms with Crippen LogP contribution in [0.3, 0.4) is 0 Å². The lowest BCUT2D eigenvalue weighted by Gasteiger charge is -2.13. The third kappa shape index (κ3) is 5.42. The largest absolute Gasteiger partial charge is 0.354 e. The molecule has 1 aromatic heterocycles. The quantitative estimate of drug-likeness (QED) is 0.664. The number of aromatic nitrogens is 4. The third-order valence-electron chi connectivity index (χ3n) is 3.37. The zero-order valence-corrected chi connectivity index (χ0v) is 13.3. The Labute approximate surface area is 134 Å². The highest BCUT2D eigenvalue weighted by Crippen LogP contribution is 2.03. The molecule has 8 nitrogen and oxygen atoms in total. The van der Waals surface area contributed by atoms with Crippen LogP contribution in [0.25, 0.3) is 0 Å². The van der Waals surface area contributed by atoms with Crippen LogP contribution in [-0.2, 0) is 33.7 Å². The molecule has 2 rings (SSSR count). The minimum atomic E-state index is -0.465. The van der Waals surface area contributed by atoms with Gasteiger partial charge in [-0.25, -0.2) is 4.68 Å². The van der Waals surface area contributed by atoms with Gasteiger partial charge < -0.3 is 14.8 Å². The van der Waals surface area contributed by atoms with Gasteiger partial charge in [0.2, 0.25) is 5.91 Å². The monoisotopic (exact) mass is 319 g/mol. The highest BCUT2D eigenvalue weighted by Gasteiger charge is 2.13. The van der Waals surface area contributed by atoms with Gasteiger partial charge in [0.1, 0.15) is 0 Å². The van der Waals surface area contributed by atoms with Gasteiger partial charge in [0.25, 0.3) is 0 Å². The van der Waals surface area contributed by atoms with Crippen molar-refractivity contribution in [1.82, 2.24) is 25.5 Å². The van der Waals surface area contributed by atoms with E-state index < -0.39 is 6.29 Å². The number of aryl methyl sites for hydroxylation is 2. The first-order valence-corrected chi connectivity index (χ1v) is 7.34.